The molecule has 19 heteroatoms. The molecule has 0 aliphatic carbocycles. The Kier molecular flexibility index (Phi) is 9.77. The van der Waals surface area contributed by atoms with E-state index >= 15 is 0 Å². The van der Waals surface area contributed by atoms with Crippen molar-refractivity contribution in [1.29, 1.82) is 0 Å². The predicted octanol–water partition coefficient (Wildman–Crippen LogP) is 1.23. The van der Waals surface area contributed by atoms with Gasteiger partial charge >= 0.3 is 16.4 Å². The van der Waals surface area contributed by atoms with Crippen LogP contribution in [0.25, 0.3) is 11.1 Å². The number of benzene rings is 1. The average molecular weight is 707 g/mol. The summed E-state index contributed by atoms with van der Waals surface area (Å²) in [7, 11) is -3.03. The normalized spacial score (nSPS) is 19.6. The van der Waals surface area contributed by atoms with Gasteiger partial charge in [0.2, 0.25) is 6.20 Å². The lowest BCUT2D eigenvalue weighted by Gasteiger charge is -2.50. The number of β-lactam (4-membered cyclic amide) rings is 1. The first-order valence-corrected chi connectivity index (χ1v) is 17.2. The van der Waals surface area contributed by atoms with E-state index < -0.39 is 57.7 Å². The van der Waals surface area contributed by atoms with Crippen LogP contribution in [-0.2, 0) is 53.9 Å². The van der Waals surface area contributed by atoms with Gasteiger partial charge in [0.15, 0.2) is 17.9 Å². The molecule has 1 aromatic carbocycles. The lowest BCUT2D eigenvalue weighted by Crippen LogP contribution is -2.76. The van der Waals surface area contributed by atoms with Crippen molar-refractivity contribution in [2.24, 2.45) is 12.2 Å². The standard InChI is InChI=1S/C29H35N7O10S2/c1-5-6-11-35-14-18(13-34(35)4)16-7-9-20-17(12-16)8-10-21(44-20)23(27(39)40)45-33-22(19-15-47-28(30)31-19)25(37)32-24-26(38)36(29(24,2)3)46-48(41,42)43/h7,9,12-15,21,23-24H,5-6,8,10-11H2,1-4H3,(H4-,30,31,32,37,39,40,41,42,43)/p+1/b33-22-/t21-,23-,24-/m1/s1. The van der Waals surface area contributed by atoms with Gasteiger partial charge in [-0.05, 0) is 56.4 Å². The summed E-state index contributed by atoms with van der Waals surface area (Å²) >= 11 is 0.979. The molecule has 2 aromatic heterocycles. The van der Waals surface area contributed by atoms with Gasteiger partial charge in [0, 0.05) is 5.38 Å². The molecule has 0 radical (unpaired) electrons. The molecule has 2 aliphatic heterocycles. The molecule has 1 saturated heterocycles. The zero-order valence-electron chi connectivity index (χ0n) is 26.5. The van der Waals surface area contributed by atoms with Gasteiger partial charge in [0.05, 0.1) is 23.8 Å². The zero-order valence-corrected chi connectivity index (χ0v) is 28.2. The fourth-order valence-electron chi connectivity index (χ4n) is 5.46. The van der Waals surface area contributed by atoms with Gasteiger partial charge in [-0.2, -0.15) is 18.2 Å². The van der Waals surface area contributed by atoms with Crippen LogP contribution in [0.3, 0.4) is 0 Å². The minimum Gasteiger partial charge on any atom is -0.485 e. The van der Waals surface area contributed by atoms with Crippen molar-refractivity contribution >= 4 is 50.4 Å². The molecule has 0 bridgehead atoms. The maximum Gasteiger partial charge on any atom is 0.418 e. The third-order valence-electron chi connectivity index (χ3n) is 8.07. The summed E-state index contributed by atoms with van der Waals surface area (Å²) in [5.74, 6) is -2.87. The van der Waals surface area contributed by atoms with Crippen LogP contribution in [0.4, 0.5) is 5.13 Å². The maximum atomic E-state index is 13.4. The number of ether oxygens (including phenoxy) is 1. The molecule has 5 rings (SSSR count). The van der Waals surface area contributed by atoms with Crippen molar-refractivity contribution in [3.63, 3.8) is 0 Å². The highest BCUT2D eigenvalue weighted by atomic mass is 32.3. The Morgan fingerprint density at radius 3 is 2.71 bits per heavy atom. The number of nitrogens with two attached hydrogens (primary N) is 1. The molecular weight excluding hydrogens is 670 g/mol. The van der Waals surface area contributed by atoms with Crippen LogP contribution in [0.1, 0.15) is 51.3 Å². The smallest absolute Gasteiger partial charge is 0.418 e. The minimum absolute atomic E-state index is 0.0610. The molecule has 17 nitrogen and oxygen atoms in total. The summed E-state index contributed by atoms with van der Waals surface area (Å²) in [6.07, 6.45) is 4.44. The molecule has 3 aromatic rings. The summed E-state index contributed by atoms with van der Waals surface area (Å²) in [6, 6.07) is 4.38. The molecule has 4 heterocycles. The molecule has 2 amide bonds. The molecule has 0 unspecified atom stereocenters. The Labute approximate surface area is 279 Å². The fourth-order valence-corrected chi connectivity index (χ4v) is 6.46. The second kappa shape index (κ2) is 13.5. The summed E-state index contributed by atoms with van der Waals surface area (Å²) in [5.41, 5.74) is 6.71. The number of carbonyl (C=O) groups excluding carboxylic acids is 2. The Hall–Kier alpha value is -4.59. The number of fused-ring (bicyclic) bond motifs is 1. The third kappa shape index (κ3) is 7.28. The van der Waals surface area contributed by atoms with Crippen LogP contribution in [0.2, 0.25) is 0 Å². The topological polar surface area (TPSA) is 229 Å². The first-order chi connectivity index (χ1) is 22.6. The highest BCUT2D eigenvalue weighted by molar-refractivity contribution is 7.80. The number of amides is 2. The van der Waals surface area contributed by atoms with Gasteiger partial charge in [-0.1, -0.05) is 24.6 Å². The minimum atomic E-state index is -5.01. The van der Waals surface area contributed by atoms with Crippen LogP contribution in [0.15, 0.2) is 41.1 Å². The molecule has 48 heavy (non-hydrogen) atoms. The van der Waals surface area contributed by atoms with Crippen LogP contribution >= 0.6 is 11.3 Å². The van der Waals surface area contributed by atoms with Crippen molar-refractivity contribution in [1.82, 2.24) is 20.0 Å². The number of hydrogen-bond acceptors (Lipinski definition) is 12. The van der Waals surface area contributed by atoms with E-state index in [0.717, 1.165) is 47.4 Å². The molecule has 258 valence electrons. The Morgan fingerprint density at radius 1 is 1.33 bits per heavy atom. The average Bonchev–Trinajstić information content (AvgIpc) is 3.63. The quantitative estimate of drug-likeness (QED) is 0.0647. The number of carboxylic acid groups (broad SMARTS) is 1. The van der Waals surface area contributed by atoms with Crippen molar-refractivity contribution in [2.75, 3.05) is 5.73 Å². The number of aromatic nitrogens is 3. The van der Waals surface area contributed by atoms with Crippen LogP contribution in [-0.4, -0.2) is 80.1 Å². The van der Waals surface area contributed by atoms with E-state index in [9.17, 15) is 27.9 Å². The van der Waals surface area contributed by atoms with E-state index in [2.05, 4.69) is 37.5 Å². The highest BCUT2D eigenvalue weighted by Crippen LogP contribution is 2.34. The zero-order chi connectivity index (χ0) is 35.0. The van der Waals surface area contributed by atoms with E-state index in [1.165, 1.54) is 19.2 Å². The van der Waals surface area contributed by atoms with Crippen molar-refractivity contribution < 1.29 is 51.0 Å². The van der Waals surface area contributed by atoms with E-state index in [-0.39, 0.29) is 17.2 Å². The number of unbranched alkanes of at least 4 members (excludes halogenated alkanes) is 1. The number of hydrogen-bond donors (Lipinski definition) is 4. The highest BCUT2D eigenvalue weighted by Gasteiger charge is 2.58. The van der Waals surface area contributed by atoms with E-state index in [1.54, 1.807) is 6.07 Å². The Balaban J connectivity index is 1.32. The van der Waals surface area contributed by atoms with E-state index in [4.69, 9.17) is 19.9 Å². The molecule has 3 atom stereocenters. The predicted molar refractivity (Wildman–Crippen MR) is 170 cm³/mol. The molecular formula is C29H36N7O10S2+. The summed E-state index contributed by atoms with van der Waals surface area (Å²) in [4.78, 5) is 47.8. The van der Waals surface area contributed by atoms with Crippen molar-refractivity contribution in [3.8, 4) is 16.9 Å². The summed E-state index contributed by atoms with van der Waals surface area (Å²) in [6.45, 7) is 5.81. The van der Waals surface area contributed by atoms with Gasteiger partial charge in [0.1, 0.15) is 23.6 Å². The van der Waals surface area contributed by atoms with Gasteiger partial charge in [-0.25, -0.2) is 9.78 Å². The Bertz CT molecular complexity index is 1870. The number of thiazole rings is 1. The number of oxime groups is 1. The first kappa shape index (κ1) is 34.7. The fraction of sp³-hybridized carbons (Fsp3) is 0.448. The third-order valence-corrected chi connectivity index (χ3v) is 9.08. The number of nitrogen functional groups attached to an aromatic ring is 1. The van der Waals surface area contributed by atoms with Gasteiger partial charge < -0.3 is 25.7 Å². The SMILES string of the molecule is CCCCn1cc(-c2ccc3c(c2)CC[C@H]([C@@H](O/N=C(\C(=O)N[C@@H]2C(=O)N(OS(=O)(=O)O)C2(C)C)c2csc(N)n2)C(=O)O)O3)c[n+]1C. The number of carboxylic acids is 1. The number of hydroxylamine groups is 2. The van der Waals surface area contributed by atoms with Crippen LogP contribution in [0, 0.1) is 0 Å². The lowest BCUT2D eigenvalue weighted by molar-refractivity contribution is -0.753. The molecule has 5 N–H and O–H groups in total. The van der Waals surface area contributed by atoms with Crippen LogP contribution < -0.4 is 20.5 Å². The summed E-state index contributed by atoms with van der Waals surface area (Å²) in [5, 5.41) is 18.2. The summed E-state index contributed by atoms with van der Waals surface area (Å²) < 4.78 is 45.8. The van der Waals surface area contributed by atoms with E-state index in [1.807, 2.05) is 30.1 Å². The number of aryl methyl sites for hydroxylation is 3. The monoisotopic (exact) mass is 706 g/mol. The number of nitrogens with one attached hydrogen (secondary N) is 1. The van der Waals surface area contributed by atoms with Gasteiger partial charge in [-0.15, -0.1) is 20.3 Å². The van der Waals surface area contributed by atoms with E-state index in [0.29, 0.717) is 17.2 Å². The van der Waals surface area contributed by atoms with Crippen LogP contribution in [0.5, 0.6) is 5.75 Å². The number of carbonyl (C=O) groups is 3. The van der Waals surface area contributed by atoms with Gasteiger partial charge in [-0.3, -0.25) is 14.1 Å². The second-order valence-corrected chi connectivity index (χ2v) is 13.8. The molecule has 1 fully saturated rings. The molecule has 0 spiro atoms. The largest absolute Gasteiger partial charge is 0.485 e. The van der Waals surface area contributed by atoms with Crippen molar-refractivity contribution in [2.45, 2.75) is 76.8 Å². The van der Waals surface area contributed by atoms with Crippen molar-refractivity contribution in [3.05, 3.63) is 47.2 Å². The number of nitrogens with zero attached hydrogens (tertiary/aromatic N) is 5. The number of aliphatic carboxylic acids is 1. The Morgan fingerprint density at radius 2 is 2.08 bits per heavy atom. The first-order valence-electron chi connectivity index (χ1n) is 14.9. The molecule has 2 aliphatic rings. The van der Waals surface area contributed by atoms with Gasteiger partial charge in [0.25, 0.3) is 17.9 Å². The lowest BCUT2D eigenvalue weighted by atomic mass is 9.84. The number of anilines is 1. The number of rotatable bonds is 13. The maximum absolute atomic E-state index is 13.4. The second-order valence-electron chi connectivity index (χ2n) is 11.9. The molecule has 0 saturated carbocycles.